The Labute approximate surface area is 126 Å². The van der Waals surface area contributed by atoms with Crippen LogP contribution in [0.1, 0.15) is 42.4 Å². The second-order valence-corrected chi connectivity index (χ2v) is 6.08. The molecule has 0 bridgehead atoms. The van der Waals surface area contributed by atoms with Crippen molar-refractivity contribution in [3.8, 4) is 0 Å². The Bertz CT molecular complexity index is 476. The van der Waals surface area contributed by atoms with E-state index in [1.165, 1.54) is 24.0 Å². The highest BCUT2D eigenvalue weighted by Crippen LogP contribution is 2.24. The van der Waals surface area contributed by atoms with Crippen molar-refractivity contribution < 1.29 is 5.11 Å². The van der Waals surface area contributed by atoms with Crippen LogP contribution in [0.2, 0.25) is 0 Å². The molecule has 110 valence electrons. The Morgan fingerprint density at radius 2 is 2.30 bits per heavy atom. The van der Waals surface area contributed by atoms with Gasteiger partial charge in [-0.15, -0.1) is 0 Å². The molecule has 1 atom stereocenters. The average Bonchev–Trinajstić information content (AvgIpc) is 2.85. The minimum atomic E-state index is 0.298. The lowest BCUT2D eigenvalue weighted by Gasteiger charge is -2.25. The molecule has 1 saturated heterocycles. The zero-order valence-electron chi connectivity index (χ0n) is 12.1. The smallest absolute Gasteiger partial charge is 0.103 e. The van der Waals surface area contributed by atoms with Crippen molar-refractivity contribution in [3.63, 3.8) is 0 Å². The summed E-state index contributed by atoms with van der Waals surface area (Å²) in [5.41, 5.74) is 9.22. The van der Waals surface area contributed by atoms with Crippen molar-refractivity contribution in [2.75, 3.05) is 13.2 Å². The van der Waals surface area contributed by atoms with Crippen LogP contribution in [0.3, 0.4) is 0 Å². The number of nitrogens with zero attached hydrogens (tertiary/aromatic N) is 1. The van der Waals surface area contributed by atoms with Gasteiger partial charge in [-0.05, 0) is 56.3 Å². The van der Waals surface area contributed by atoms with Crippen molar-refractivity contribution in [2.45, 2.75) is 45.2 Å². The maximum absolute atomic E-state index is 8.99. The molecule has 1 unspecified atom stereocenters. The van der Waals surface area contributed by atoms with Crippen molar-refractivity contribution >= 4 is 17.2 Å². The summed E-state index contributed by atoms with van der Waals surface area (Å²) in [5.74, 6) is 0. The normalized spacial score (nSPS) is 19.4. The SMILES string of the molecule is Cc1cc(C(N)=S)ccc1CN1CCCC1CCCO. The monoisotopic (exact) mass is 292 g/mol. The highest BCUT2D eigenvalue weighted by atomic mass is 32.1. The van der Waals surface area contributed by atoms with Crippen LogP contribution < -0.4 is 5.73 Å². The molecule has 1 aromatic rings. The summed E-state index contributed by atoms with van der Waals surface area (Å²) < 4.78 is 0. The summed E-state index contributed by atoms with van der Waals surface area (Å²) >= 11 is 5.02. The van der Waals surface area contributed by atoms with E-state index < -0.39 is 0 Å². The molecule has 3 N–H and O–H groups in total. The maximum Gasteiger partial charge on any atom is 0.103 e. The predicted octanol–water partition coefficient (Wildman–Crippen LogP) is 2.37. The largest absolute Gasteiger partial charge is 0.396 e. The Hall–Kier alpha value is -0.970. The zero-order chi connectivity index (χ0) is 14.5. The molecular formula is C16H24N2OS. The first-order chi connectivity index (χ1) is 9.61. The lowest BCUT2D eigenvalue weighted by molar-refractivity contribution is 0.210. The molecule has 0 aromatic heterocycles. The number of rotatable bonds is 6. The van der Waals surface area contributed by atoms with Crippen LogP contribution in [0.15, 0.2) is 18.2 Å². The van der Waals surface area contributed by atoms with Crippen LogP contribution in [-0.4, -0.2) is 34.2 Å². The van der Waals surface area contributed by atoms with Gasteiger partial charge in [-0.2, -0.15) is 0 Å². The van der Waals surface area contributed by atoms with Gasteiger partial charge in [0, 0.05) is 24.8 Å². The first-order valence-corrected chi connectivity index (χ1v) is 7.77. The number of thiocarbonyl (C=S) groups is 1. The van der Waals surface area contributed by atoms with E-state index in [1.54, 1.807) is 0 Å². The molecule has 1 heterocycles. The fourth-order valence-electron chi connectivity index (χ4n) is 3.00. The Kier molecular flexibility index (Phi) is 5.52. The van der Waals surface area contributed by atoms with Crippen LogP contribution >= 0.6 is 12.2 Å². The van der Waals surface area contributed by atoms with E-state index in [9.17, 15) is 0 Å². The van der Waals surface area contributed by atoms with Crippen LogP contribution in [0, 0.1) is 6.92 Å². The van der Waals surface area contributed by atoms with E-state index in [0.717, 1.165) is 31.5 Å². The molecule has 1 fully saturated rings. The summed E-state index contributed by atoms with van der Waals surface area (Å²) in [6.07, 6.45) is 4.52. The zero-order valence-corrected chi connectivity index (χ0v) is 13.0. The molecule has 0 saturated carbocycles. The van der Waals surface area contributed by atoms with Gasteiger partial charge in [0.05, 0.1) is 0 Å². The van der Waals surface area contributed by atoms with Gasteiger partial charge in [-0.1, -0.05) is 24.4 Å². The van der Waals surface area contributed by atoms with Gasteiger partial charge in [0.2, 0.25) is 0 Å². The van der Waals surface area contributed by atoms with Gasteiger partial charge in [0.25, 0.3) is 0 Å². The molecule has 0 amide bonds. The number of hydrogen-bond acceptors (Lipinski definition) is 3. The van der Waals surface area contributed by atoms with Gasteiger partial charge >= 0.3 is 0 Å². The number of aryl methyl sites for hydroxylation is 1. The van der Waals surface area contributed by atoms with Crippen molar-refractivity contribution in [2.24, 2.45) is 5.73 Å². The molecule has 1 aliphatic rings. The number of aliphatic hydroxyl groups is 1. The van der Waals surface area contributed by atoms with E-state index in [0.29, 0.717) is 17.6 Å². The lowest BCUT2D eigenvalue weighted by atomic mass is 10.0. The number of hydrogen-bond donors (Lipinski definition) is 2. The summed E-state index contributed by atoms with van der Waals surface area (Å²) in [7, 11) is 0. The van der Waals surface area contributed by atoms with Crippen LogP contribution in [0.5, 0.6) is 0 Å². The Balaban J connectivity index is 2.03. The highest BCUT2D eigenvalue weighted by Gasteiger charge is 2.24. The van der Waals surface area contributed by atoms with E-state index in [2.05, 4.69) is 24.0 Å². The molecule has 0 spiro atoms. The predicted molar refractivity (Wildman–Crippen MR) is 86.8 cm³/mol. The number of nitrogens with two attached hydrogens (primary N) is 1. The second kappa shape index (κ2) is 7.16. The summed E-state index contributed by atoms with van der Waals surface area (Å²) in [5, 5.41) is 8.99. The standard InChI is InChI=1S/C16H24N2OS/c1-12-10-13(16(17)20)6-7-14(12)11-18-8-2-4-15(18)5-3-9-19/h6-7,10,15,19H,2-5,8-9,11H2,1H3,(H2,17,20). The molecule has 0 aliphatic carbocycles. The third kappa shape index (κ3) is 3.78. The van der Waals surface area contributed by atoms with Crippen LogP contribution in [0.4, 0.5) is 0 Å². The quantitative estimate of drug-likeness (QED) is 0.790. The van der Waals surface area contributed by atoms with Crippen molar-refractivity contribution in [1.82, 2.24) is 4.90 Å². The summed E-state index contributed by atoms with van der Waals surface area (Å²) in [6, 6.07) is 6.86. The van der Waals surface area contributed by atoms with E-state index in [4.69, 9.17) is 23.1 Å². The molecule has 3 nitrogen and oxygen atoms in total. The van der Waals surface area contributed by atoms with Gasteiger partial charge in [0.1, 0.15) is 4.99 Å². The molecule has 4 heteroatoms. The van der Waals surface area contributed by atoms with Crippen molar-refractivity contribution in [1.29, 1.82) is 0 Å². The molecule has 1 aliphatic heterocycles. The minimum Gasteiger partial charge on any atom is -0.396 e. The molecule has 2 rings (SSSR count). The topological polar surface area (TPSA) is 49.5 Å². The maximum atomic E-state index is 8.99. The van der Waals surface area contributed by atoms with Gasteiger partial charge < -0.3 is 10.8 Å². The molecule has 0 radical (unpaired) electrons. The highest BCUT2D eigenvalue weighted by molar-refractivity contribution is 7.80. The number of aliphatic hydroxyl groups excluding tert-OH is 1. The van der Waals surface area contributed by atoms with Gasteiger partial charge in [-0.3, -0.25) is 4.90 Å². The van der Waals surface area contributed by atoms with E-state index >= 15 is 0 Å². The first kappa shape index (κ1) is 15.4. The fourth-order valence-corrected chi connectivity index (χ4v) is 3.13. The van der Waals surface area contributed by atoms with Crippen LogP contribution in [0.25, 0.3) is 0 Å². The third-order valence-electron chi connectivity index (χ3n) is 4.20. The first-order valence-electron chi connectivity index (χ1n) is 7.36. The molecule has 1 aromatic carbocycles. The molecular weight excluding hydrogens is 268 g/mol. The fraction of sp³-hybridized carbons (Fsp3) is 0.562. The van der Waals surface area contributed by atoms with Gasteiger partial charge in [0.15, 0.2) is 0 Å². The number of likely N-dealkylation sites (tertiary alicyclic amines) is 1. The van der Waals surface area contributed by atoms with E-state index in [-0.39, 0.29) is 0 Å². The summed E-state index contributed by atoms with van der Waals surface area (Å²) in [4.78, 5) is 3.00. The minimum absolute atomic E-state index is 0.298. The lowest BCUT2D eigenvalue weighted by Crippen LogP contribution is -2.29. The third-order valence-corrected chi connectivity index (χ3v) is 4.43. The Morgan fingerprint density at radius 1 is 1.50 bits per heavy atom. The second-order valence-electron chi connectivity index (χ2n) is 5.64. The number of benzene rings is 1. The average molecular weight is 292 g/mol. The van der Waals surface area contributed by atoms with Gasteiger partial charge in [-0.25, -0.2) is 0 Å². The molecule has 20 heavy (non-hydrogen) atoms. The van der Waals surface area contributed by atoms with E-state index in [1.807, 2.05) is 6.07 Å². The summed E-state index contributed by atoms with van der Waals surface area (Å²) in [6.45, 7) is 4.56. The van der Waals surface area contributed by atoms with Crippen molar-refractivity contribution in [3.05, 3.63) is 34.9 Å². The Morgan fingerprint density at radius 3 is 2.95 bits per heavy atom. The van der Waals surface area contributed by atoms with Crippen LogP contribution in [-0.2, 0) is 6.54 Å².